The molecule has 2 unspecified atom stereocenters. The SMILES string of the molecule is CNCCC(O)C(O)c1ccc(NC(=O)OC(C)(C)C)c(F)c1. The summed E-state index contributed by atoms with van der Waals surface area (Å²) in [5.74, 6) is -0.715. The topological polar surface area (TPSA) is 90.8 Å². The number of aliphatic hydroxyl groups excluding tert-OH is 2. The number of carbonyl (C=O) groups is 1. The number of hydrogen-bond donors (Lipinski definition) is 4. The molecule has 0 saturated carbocycles. The van der Waals surface area contributed by atoms with Crippen LogP contribution in [-0.2, 0) is 4.74 Å². The number of amides is 1. The highest BCUT2D eigenvalue weighted by molar-refractivity contribution is 5.85. The van der Waals surface area contributed by atoms with Gasteiger partial charge in [0.1, 0.15) is 17.5 Å². The van der Waals surface area contributed by atoms with E-state index in [1.165, 1.54) is 12.1 Å². The summed E-state index contributed by atoms with van der Waals surface area (Å²) in [5.41, 5.74) is -0.505. The summed E-state index contributed by atoms with van der Waals surface area (Å²) < 4.78 is 19.1. The van der Waals surface area contributed by atoms with Gasteiger partial charge in [-0.25, -0.2) is 9.18 Å². The second-order valence-electron chi connectivity index (χ2n) is 6.27. The van der Waals surface area contributed by atoms with Crippen LogP contribution in [0.3, 0.4) is 0 Å². The predicted molar refractivity (Wildman–Crippen MR) is 85.8 cm³/mol. The number of rotatable bonds is 6. The lowest BCUT2D eigenvalue weighted by molar-refractivity contribution is 0.0139. The summed E-state index contributed by atoms with van der Waals surface area (Å²) in [6.45, 7) is 5.64. The molecule has 0 aliphatic rings. The van der Waals surface area contributed by atoms with Crippen LogP contribution < -0.4 is 10.6 Å². The highest BCUT2D eigenvalue weighted by atomic mass is 19.1. The Morgan fingerprint density at radius 2 is 2.00 bits per heavy atom. The van der Waals surface area contributed by atoms with Crippen LogP contribution >= 0.6 is 0 Å². The first kappa shape index (κ1) is 19.3. The zero-order chi connectivity index (χ0) is 17.6. The van der Waals surface area contributed by atoms with Crippen LogP contribution in [0.15, 0.2) is 18.2 Å². The van der Waals surface area contributed by atoms with E-state index in [0.717, 1.165) is 6.07 Å². The van der Waals surface area contributed by atoms with Gasteiger partial charge in [-0.05, 0) is 58.5 Å². The third kappa shape index (κ3) is 6.52. The third-order valence-electron chi connectivity index (χ3n) is 3.02. The monoisotopic (exact) mass is 328 g/mol. The van der Waals surface area contributed by atoms with Crippen LogP contribution in [0.4, 0.5) is 14.9 Å². The van der Waals surface area contributed by atoms with Crippen LogP contribution in [0.25, 0.3) is 0 Å². The summed E-state index contributed by atoms with van der Waals surface area (Å²) in [7, 11) is 1.73. The van der Waals surface area contributed by atoms with Crippen LogP contribution in [0.2, 0.25) is 0 Å². The lowest BCUT2D eigenvalue weighted by Gasteiger charge is -2.21. The van der Waals surface area contributed by atoms with Gasteiger partial charge in [0.05, 0.1) is 11.8 Å². The average molecular weight is 328 g/mol. The fourth-order valence-corrected chi connectivity index (χ4v) is 1.90. The normalized spacial score (nSPS) is 14.2. The minimum Gasteiger partial charge on any atom is -0.444 e. The highest BCUT2D eigenvalue weighted by Gasteiger charge is 2.21. The van der Waals surface area contributed by atoms with E-state index in [2.05, 4.69) is 10.6 Å². The van der Waals surface area contributed by atoms with Crippen molar-refractivity contribution in [3.05, 3.63) is 29.6 Å². The first-order chi connectivity index (χ1) is 10.6. The lowest BCUT2D eigenvalue weighted by Crippen LogP contribution is -2.27. The molecule has 130 valence electrons. The fraction of sp³-hybridized carbons (Fsp3) is 0.562. The van der Waals surface area contributed by atoms with Crippen molar-refractivity contribution in [2.45, 2.75) is 45.0 Å². The Hall–Kier alpha value is -1.70. The van der Waals surface area contributed by atoms with Crippen molar-refractivity contribution in [2.24, 2.45) is 0 Å². The van der Waals surface area contributed by atoms with E-state index in [9.17, 15) is 19.4 Å². The largest absolute Gasteiger partial charge is 0.444 e. The van der Waals surface area contributed by atoms with E-state index >= 15 is 0 Å². The molecule has 4 N–H and O–H groups in total. The number of hydrogen-bond acceptors (Lipinski definition) is 5. The van der Waals surface area contributed by atoms with Gasteiger partial charge in [0.2, 0.25) is 0 Å². The first-order valence-electron chi connectivity index (χ1n) is 7.44. The third-order valence-corrected chi connectivity index (χ3v) is 3.02. The molecular weight excluding hydrogens is 303 g/mol. The van der Waals surface area contributed by atoms with Gasteiger partial charge in [-0.15, -0.1) is 0 Å². The Labute approximate surface area is 135 Å². The molecule has 1 aromatic rings. The smallest absolute Gasteiger partial charge is 0.412 e. The molecule has 2 atom stereocenters. The molecule has 1 amide bonds. The van der Waals surface area contributed by atoms with E-state index < -0.39 is 29.7 Å². The predicted octanol–water partition coefficient (Wildman–Crippen LogP) is 2.18. The highest BCUT2D eigenvalue weighted by Crippen LogP contribution is 2.24. The Morgan fingerprint density at radius 3 is 2.52 bits per heavy atom. The summed E-state index contributed by atoms with van der Waals surface area (Å²) in [5, 5.41) is 25.0. The fourth-order valence-electron chi connectivity index (χ4n) is 1.90. The summed E-state index contributed by atoms with van der Waals surface area (Å²) >= 11 is 0. The van der Waals surface area contributed by atoms with Crippen molar-refractivity contribution in [2.75, 3.05) is 18.9 Å². The molecule has 0 radical (unpaired) electrons. The van der Waals surface area contributed by atoms with Crippen LogP contribution in [0.5, 0.6) is 0 Å². The van der Waals surface area contributed by atoms with E-state index in [-0.39, 0.29) is 11.3 Å². The van der Waals surface area contributed by atoms with Crippen molar-refractivity contribution in [3.63, 3.8) is 0 Å². The van der Waals surface area contributed by atoms with E-state index in [0.29, 0.717) is 13.0 Å². The number of anilines is 1. The second kappa shape index (κ2) is 8.24. The summed E-state index contributed by atoms with van der Waals surface area (Å²) in [4.78, 5) is 11.6. The van der Waals surface area contributed by atoms with Gasteiger partial charge in [0.15, 0.2) is 0 Å². The molecule has 0 bridgehead atoms. The first-order valence-corrected chi connectivity index (χ1v) is 7.44. The summed E-state index contributed by atoms with van der Waals surface area (Å²) in [6.07, 6.45) is -2.64. The molecule has 0 heterocycles. The Kier molecular flexibility index (Phi) is 6.93. The van der Waals surface area contributed by atoms with E-state index in [1.807, 2.05) is 0 Å². The molecule has 1 aromatic carbocycles. The number of aliphatic hydroxyl groups is 2. The molecule has 1 rings (SSSR count). The maximum atomic E-state index is 14.0. The van der Waals surface area contributed by atoms with Gasteiger partial charge in [-0.3, -0.25) is 5.32 Å². The van der Waals surface area contributed by atoms with Gasteiger partial charge in [-0.1, -0.05) is 6.07 Å². The van der Waals surface area contributed by atoms with Crippen LogP contribution in [0, 0.1) is 5.82 Å². The van der Waals surface area contributed by atoms with E-state index in [1.54, 1.807) is 27.8 Å². The zero-order valence-corrected chi connectivity index (χ0v) is 13.9. The molecular formula is C16H25FN2O4. The molecule has 23 heavy (non-hydrogen) atoms. The quantitative estimate of drug-likeness (QED) is 0.642. The zero-order valence-electron chi connectivity index (χ0n) is 13.9. The minimum atomic E-state index is -1.20. The van der Waals surface area contributed by atoms with Crippen molar-refractivity contribution < 1.29 is 24.1 Å². The Bertz CT molecular complexity index is 531. The van der Waals surface area contributed by atoms with Crippen molar-refractivity contribution in [3.8, 4) is 0 Å². The second-order valence-corrected chi connectivity index (χ2v) is 6.27. The van der Waals surface area contributed by atoms with Crippen molar-refractivity contribution >= 4 is 11.8 Å². The average Bonchev–Trinajstić information content (AvgIpc) is 2.44. The standard InChI is InChI=1S/C16H25FN2O4/c1-16(2,3)23-15(22)19-12-6-5-10(9-11(12)17)14(21)13(20)7-8-18-4/h5-6,9,13-14,18,20-21H,7-8H2,1-4H3,(H,19,22). The van der Waals surface area contributed by atoms with Crippen LogP contribution in [-0.4, -0.2) is 41.6 Å². The molecule has 0 aliphatic carbocycles. The molecule has 7 heteroatoms. The summed E-state index contributed by atoms with van der Waals surface area (Å²) in [6, 6.07) is 3.85. The number of nitrogens with one attached hydrogen (secondary N) is 2. The lowest BCUT2D eigenvalue weighted by atomic mass is 10.0. The minimum absolute atomic E-state index is 0.0556. The maximum Gasteiger partial charge on any atom is 0.412 e. The molecule has 0 fully saturated rings. The molecule has 0 saturated heterocycles. The Morgan fingerprint density at radius 1 is 1.35 bits per heavy atom. The maximum absolute atomic E-state index is 14.0. The number of benzene rings is 1. The van der Waals surface area contributed by atoms with Crippen molar-refractivity contribution in [1.29, 1.82) is 0 Å². The number of ether oxygens (including phenoxy) is 1. The van der Waals surface area contributed by atoms with Gasteiger partial charge in [0, 0.05) is 0 Å². The van der Waals surface area contributed by atoms with Gasteiger partial charge in [0.25, 0.3) is 0 Å². The number of carbonyl (C=O) groups excluding carboxylic acids is 1. The molecule has 6 nitrogen and oxygen atoms in total. The Balaban J connectivity index is 2.76. The molecule has 0 aromatic heterocycles. The molecule has 0 spiro atoms. The van der Waals surface area contributed by atoms with Gasteiger partial charge in [-0.2, -0.15) is 0 Å². The van der Waals surface area contributed by atoms with E-state index in [4.69, 9.17) is 4.74 Å². The van der Waals surface area contributed by atoms with Crippen molar-refractivity contribution in [1.82, 2.24) is 5.32 Å². The van der Waals surface area contributed by atoms with Gasteiger partial charge >= 0.3 is 6.09 Å². The molecule has 0 aliphatic heterocycles. The van der Waals surface area contributed by atoms with Crippen LogP contribution in [0.1, 0.15) is 38.9 Å². The van der Waals surface area contributed by atoms with Gasteiger partial charge < -0.3 is 20.3 Å². The number of halogens is 1.